The van der Waals surface area contributed by atoms with Crippen LogP contribution in [0.5, 0.6) is 0 Å². The highest BCUT2D eigenvalue weighted by atomic mass is 35.5. The maximum atomic E-state index is 11.9. The monoisotopic (exact) mass is 358 g/mol. The van der Waals surface area contributed by atoms with Crippen LogP contribution in [0.15, 0.2) is 53.6 Å². The molecule has 0 aliphatic rings. The summed E-state index contributed by atoms with van der Waals surface area (Å²) in [6, 6.07) is 14.2. The lowest BCUT2D eigenvalue weighted by Gasteiger charge is -2.11. The standard InChI is InChI=1S/C18H19ClN4O2/c1-23(2)16-8-6-13(7-9-16)11-21-22-17(24)12-20-18(25)14-4-3-5-15(19)10-14/h3-11H,12H2,1-2H3,(H,20,25)(H,22,24)/b21-11-. The number of benzene rings is 2. The van der Waals surface area contributed by atoms with Crippen molar-refractivity contribution in [3.05, 3.63) is 64.7 Å². The minimum atomic E-state index is -0.420. The molecule has 2 rings (SSSR count). The van der Waals surface area contributed by atoms with Gasteiger partial charge in [-0.3, -0.25) is 9.59 Å². The molecule has 6 nitrogen and oxygen atoms in total. The van der Waals surface area contributed by atoms with Gasteiger partial charge in [0.1, 0.15) is 0 Å². The van der Waals surface area contributed by atoms with Gasteiger partial charge < -0.3 is 10.2 Å². The summed E-state index contributed by atoms with van der Waals surface area (Å²) in [6.45, 7) is -0.178. The first-order valence-corrected chi connectivity index (χ1v) is 7.96. The minimum Gasteiger partial charge on any atom is -0.378 e. The molecule has 0 heterocycles. The van der Waals surface area contributed by atoms with Gasteiger partial charge in [0, 0.05) is 30.4 Å². The number of carbonyl (C=O) groups is 2. The van der Waals surface area contributed by atoms with E-state index in [2.05, 4.69) is 15.8 Å². The van der Waals surface area contributed by atoms with E-state index < -0.39 is 5.91 Å². The normalized spacial score (nSPS) is 10.5. The van der Waals surface area contributed by atoms with Gasteiger partial charge in [-0.1, -0.05) is 29.8 Å². The Morgan fingerprint density at radius 1 is 1.16 bits per heavy atom. The first-order chi connectivity index (χ1) is 12.0. The van der Waals surface area contributed by atoms with Gasteiger partial charge in [0.2, 0.25) is 0 Å². The van der Waals surface area contributed by atoms with Gasteiger partial charge in [-0.05, 0) is 35.9 Å². The van der Waals surface area contributed by atoms with Gasteiger partial charge in [0.05, 0.1) is 12.8 Å². The molecule has 0 bridgehead atoms. The number of nitrogens with one attached hydrogen (secondary N) is 2. The number of carbonyl (C=O) groups excluding carboxylic acids is 2. The topological polar surface area (TPSA) is 73.8 Å². The van der Waals surface area contributed by atoms with Crippen molar-refractivity contribution in [2.45, 2.75) is 0 Å². The van der Waals surface area contributed by atoms with Crippen LogP contribution >= 0.6 is 11.6 Å². The molecule has 0 unspecified atom stereocenters. The quantitative estimate of drug-likeness (QED) is 0.614. The summed E-state index contributed by atoms with van der Waals surface area (Å²) in [4.78, 5) is 25.6. The van der Waals surface area contributed by atoms with Crippen LogP contribution in [-0.2, 0) is 4.79 Å². The van der Waals surface area contributed by atoms with Crippen LogP contribution in [0.1, 0.15) is 15.9 Å². The van der Waals surface area contributed by atoms with Crippen molar-refractivity contribution < 1.29 is 9.59 Å². The molecule has 2 aromatic carbocycles. The number of hydrazone groups is 1. The predicted molar refractivity (Wildman–Crippen MR) is 100 cm³/mol. The van der Waals surface area contributed by atoms with Crippen molar-refractivity contribution in [3.8, 4) is 0 Å². The molecule has 0 saturated carbocycles. The second kappa shape index (κ2) is 8.84. The molecule has 0 fully saturated rings. The summed E-state index contributed by atoms with van der Waals surface area (Å²) < 4.78 is 0. The minimum absolute atomic E-state index is 0.178. The van der Waals surface area contributed by atoms with Crippen LogP contribution in [0.2, 0.25) is 5.02 Å². The lowest BCUT2D eigenvalue weighted by atomic mass is 10.2. The molecule has 25 heavy (non-hydrogen) atoms. The average Bonchev–Trinajstić information content (AvgIpc) is 2.60. The van der Waals surface area contributed by atoms with Crippen molar-refractivity contribution in [1.82, 2.24) is 10.7 Å². The average molecular weight is 359 g/mol. The number of halogens is 1. The van der Waals surface area contributed by atoms with Gasteiger partial charge in [0.15, 0.2) is 0 Å². The molecular weight excluding hydrogens is 340 g/mol. The zero-order valence-corrected chi connectivity index (χ0v) is 14.7. The third-order valence-corrected chi connectivity index (χ3v) is 3.54. The summed E-state index contributed by atoms with van der Waals surface area (Å²) in [6.07, 6.45) is 1.54. The molecule has 0 atom stereocenters. The Balaban J connectivity index is 1.79. The Hall–Kier alpha value is -2.86. The second-order valence-electron chi connectivity index (χ2n) is 5.47. The summed E-state index contributed by atoms with van der Waals surface area (Å²) in [7, 11) is 3.92. The molecule has 2 aromatic rings. The third kappa shape index (κ3) is 5.93. The molecule has 2 N–H and O–H groups in total. The predicted octanol–water partition coefficient (Wildman–Crippen LogP) is 2.29. The molecular formula is C18H19ClN4O2. The Kier molecular flexibility index (Phi) is 6.54. The first kappa shape index (κ1) is 18.5. The number of hydrogen-bond acceptors (Lipinski definition) is 4. The van der Waals surface area contributed by atoms with Gasteiger partial charge in [-0.25, -0.2) is 5.43 Å². The smallest absolute Gasteiger partial charge is 0.259 e. The maximum absolute atomic E-state index is 11.9. The highest BCUT2D eigenvalue weighted by Crippen LogP contribution is 2.11. The van der Waals surface area contributed by atoms with Gasteiger partial charge in [0.25, 0.3) is 11.8 Å². The van der Waals surface area contributed by atoms with Gasteiger partial charge in [-0.2, -0.15) is 5.10 Å². The Morgan fingerprint density at radius 2 is 1.88 bits per heavy atom. The number of anilines is 1. The zero-order chi connectivity index (χ0) is 18.2. The Labute approximate surface area is 151 Å². The Bertz CT molecular complexity index is 773. The van der Waals surface area contributed by atoms with Gasteiger partial charge >= 0.3 is 0 Å². The van der Waals surface area contributed by atoms with Gasteiger partial charge in [-0.15, -0.1) is 0 Å². The molecule has 0 aliphatic heterocycles. The molecule has 0 spiro atoms. The number of rotatable bonds is 6. The van der Waals surface area contributed by atoms with E-state index in [1.807, 2.05) is 43.3 Å². The van der Waals surface area contributed by atoms with Crippen LogP contribution in [-0.4, -0.2) is 38.7 Å². The van der Waals surface area contributed by atoms with Crippen LogP contribution in [0.4, 0.5) is 5.69 Å². The van der Waals surface area contributed by atoms with Crippen molar-refractivity contribution in [1.29, 1.82) is 0 Å². The first-order valence-electron chi connectivity index (χ1n) is 7.59. The summed E-state index contributed by atoms with van der Waals surface area (Å²) in [5.41, 5.74) is 4.69. The lowest BCUT2D eigenvalue weighted by molar-refractivity contribution is -0.120. The lowest BCUT2D eigenvalue weighted by Crippen LogP contribution is -2.34. The summed E-state index contributed by atoms with van der Waals surface area (Å²) in [5, 5.41) is 6.84. The van der Waals surface area contributed by atoms with E-state index in [1.54, 1.807) is 18.2 Å². The van der Waals surface area contributed by atoms with E-state index in [9.17, 15) is 9.59 Å². The third-order valence-electron chi connectivity index (χ3n) is 3.31. The maximum Gasteiger partial charge on any atom is 0.259 e. The van der Waals surface area contributed by atoms with Crippen LogP contribution < -0.4 is 15.6 Å². The van der Waals surface area contributed by atoms with Crippen molar-refractivity contribution >= 4 is 35.3 Å². The van der Waals surface area contributed by atoms with E-state index in [-0.39, 0.29) is 12.5 Å². The number of hydrogen-bond donors (Lipinski definition) is 2. The van der Waals surface area contributed by atoms with Crippen molar-refractivity contribution in [2.24, 2.45) is 5.10 Å². The largest absolute Gasteiger partial charge is 0.378 e. The molecule has 0 radical (unpaired) electrons. The number of nitrogens with zero attached hydrogens (tertiary/aromatic N) is 2. The fourth-order valence-corrected chi connectivity index (χ4v) is 2.16. The Morgan fingerprint density at radius 3 is 2.52 bits per heavy atom. The fourth-order valence-electron chi connectivity index (χ4n) is 1.97. The number of amides is 2. The highest BCUT2D eigenvalue weighted by Gasteiger charge is 2.07. The second-order valence-corrected chi connectivity index (χ2v) is 5.91. The molecule has 130 valence electrons. The fraction of sp³-hybridized carbons (Fsp3) is 0.167. The SMILES string of the molecule is CN(C)c1ccc(/C=N\NC(=O)CNC(=O)c2cccc(Cl)c2)cc1. The van der Waals surface area contributed by atoms with Crippen LogP contribution in [0, 0.1) is 0 Å². The van der Waals surface area contributed by atoms with Crippen molar-refractivity contribution in [2.75, 3.05) is 25.5 Å². The molecule has 7 heteroatoms. The summed E-state index contributed by atoms with van der Waals surface area (Å²) >= 11 is 5.82. The van der Waals surface area contributed by atoms with E-state index in [4.69, 9.17) is 11.6 Å². The van der Waals surface area contributed by atoms with E-state index in [0.29, 0.717) is 10.6 Å². The zero-order valence-electron chi connectivity index (χ0n) is 14.0. The molecule has 2 amide bonds. The summed E-state index contributed by atoms with van der Waals surface area (Å²) in [5.74, 6) is -0.794. The highest BCUT2D eigenvalue weighted by molar-refractivity contribution is 6.30. The molecule has 0 aromatic heterocycles. The molecule has 0 aliphatic carbocycles. The van der Waals surface area contributed by atoms with Crippen LogP contribution in [0.25, 0.3) is 0 Å². The van der Waals surface area contributed by atoms with E-state index in [0.717, 1.165) is 11.3 Å². The molecule has 0 saturated heterocycles. The van der Waals surface area contributed by atoms with Crippen molar-refractivity contribution in [3.63, 3.8) is 0 Å². The van der Waals surface area contributed by atoms with E-state index >= 15 is 0 Å². The van der Waals surface area contributed by atoms with E-state index in [1.165, 1.54) is 12.3 Å². The van der Waals surface area contributed by atoms with Crippen LogP contribution in [0.3, 0.4) is 0 Å².